The van der Waals surface area contributed by atoms with Crippen LogP contribution in [0, 0.1) is 0 Å². The van der Waals surface area contributed by atoms with Gasteiger partial charge in [-0.25, -0.2) is 0 Å². The Bertz CT molecular complexity index is 485. The first-order chi connectivity index (χ1) is 7.16. The Labute approximate surface area is 105 Å². The largest absolute Gasteiger partial charge is 0.165 e. The molecule has 2 rings (SSSR count). The van der Waals surface area contributed by atoms with Gasteiger partial charge in [0.15, 0.2) is 5.15 Å². The smallest absolute Gasteiger partial charge is 0.149 e. The van der Waals surface area contributed by atoms with Gasteiger partial charge in [0.25, 0.3) is 0 Å². The van der Waals surface area contributed by atoms with E-state index >= 15 is 0 Å². The van der Waals surface area contributed by atoms with Crippen molar-refractivity contribution in [3.8, 4) is 11.3 Å². The molecule has 0 saturated heterocycles. The second-order valence-corrected chi connectivity index (χ2v) is 4.52. The predicted molar refractivity (Wildman–Crippen MR) is 65.2 cm³/mol. The van der Waals surface area contributed by atoms with Crippen LogP contribution in [0.25, 0.3) is 11.3 Å². The lowest BCUT2D eigenvalue weighted by Gasteiger charge is -2.01. The van der Waals surface area contributed by atoms with Crippen LogP contribution in [0.15, 0.2) is 34.8 Å². The van der Waals surface area contributed by atoms with Crippen molar-refractivity contribution in [2.24, 2.45) is 0 Å². The minimum absolute atomic E-state index is 0.354. The van der Waals surface area contributed by atoms with Crippen LogP contribution >= 0.6 is 39.1 Å². The number of benzene rings is 1. The summed E-state index contributed by atoms with van der Waals surface area (Å²) in [5, 5.41) is 8.85. The fourth-order valence-electron chi connectivity index (χ4n) is 1.12. The highest BCUT2D eigenvalue weighted by Crippen LogP contribution is 2.25. The van der Waals surface area contributed by atoms with Crippen LogP contribution in [0.3, 0.4) is 0 Å². The molecule has 0 saturated carbocycles. The molecule has 0 radical (unpaired) electrons. The van der Waals surface area contributed by atoms with Gasteiger partial charge in [0.05, 0.1) is 10.2 Å². The third-order valence-electron chi connectivity index (χ3n) is 1.85. The van der Waals surface area contributed by atoms with E-state index in [9.17, 15) is 0 Å². The summed E-state index contributed by atoms with van der Waals surface area (Å²) < 4.78 is 0.726. The van der Waals surface area contributed by atoms with Crippen molar-refractivity contribution in [2.75, 3.05) is 0 Å². The van der Waals surface area contributed by atoms with Crippen molar-refractivity contribution >= 4 is 39.1 Å². The maximum atomic E-state index is 5.79. The first kappa shape index (κ1) is 10.9. The first-order valence-corrected chi connectivity index (χ1v) is 5.66. The fraction of sp³-hybridized carbons (Fsp3) is 0. The van der Waals surface area contributed by atoms with E-state index in [1.165, 1.54) is 0 Å². The van der Waals surface area contributed by atoms with Gasteiger partial charge in [-0.1, -0.05) is 35.3 Å². The third-order valence-corrected chi connectivity index (χ3v) is 3.21. The highest BCUT2D eigenvalue weighted by atomic mass is 79.9. The molecular formula is C10H5BrCl2N2. The van der Waals surface area contributed by atoms with E-state index in [1.807, 2.05) is 18.2 Å². The number of hydrogen-bond acceptors (Lipinski definition) is 2. The van der Waals surface area contributed by atoms with Crippen molar-refractivity contribution in [3.05, 3.63) is 45.0 Å². The van der Waals surface area contributed by atoms with E-state index in [0.717, 1.165) is 15.7 Å². The molecule has 76 valence electrons. The number of halogens is 3. The monoisotopic (exact) mass is 302 g/mol. The molecular weight excluding hydrogens is 299 g/mol. The Morgan fingerprint density at radius 1 is 1.00 bits per heavy atom. The number of hydrogen-bond donors (Lipinski definition) is 0. The quantitative estimate of drug-likeness (QED) is 0.788. The number of nitrogens with zero attached hydrogens (tertiary/aromatic N) is 2. The van der Waals surface area contributed by atoms with Crippen LogP contribution in [0.4, 0.5) is 0 Å². The van der Waals surface area contributed by atoms with Gasteiger partial charge >= 0.3 is 0 Å². The van der Waals surface area contributed by atoms with Gasteiger partial charge in [0.2, 0.25) is 0 Å². The van der Waals surface area contributed by atoms with Gasteiger partial charge in [-0.3, -0.25) is 0 Å². The van der Waals surface area contributed by atoms with Crippen molar-refractivity contribution in [2.45, 2.75) is 0 Å². The Balaban J connectivity index is 2.45. The van der Waals surface area contributed by atoms with Crippen LogP contribution in [0.2, 0.25) is 10.2 Å². The summed E-state index contributed by atoms with van der Waals surface area (Å²) >= 11 is 14.8. The molecule has 0 fully saturated rings. The predicted octanol–water partition coefficient (Wildman–Crippen LogP) is 4.21. The van der Waals surface area contributed by atoms with Gasteiger partial charge in [0.1, 0.15) is 0 Å². The van der Waals surface area contributed by atoms with Crippen molar-refractivity contribution in [1.82, 2.24) is 10.2 Å². The van der Waals surface area contributed by atoms with E-state index in [2.05, 4.69) is 26.1 Å². The second kappa shape index (κ2) is 4.47. The zero-order valence-corrected chi connectivity index (χ0v) is 10.5. The molecule has 0 bridgehead atoms. The Kier molecular flexibility index (Phi) is 3.24. The molecule has 2 nitrogen and oxygen atoms in total. The summed E-state index contributed by atoms with van der Waals surface area (Å²) in [6.07, 6.45) is 0. The molecule has 1 aromatic heterocycles. The maximum absolute atomic E-state index is 5.79. The molecule has 15 heavy (non-hydrogen) atoms. The number of aromatic nitrogens is 2. The Hall–Kier alpha value is -0.640. The summed E-state index contributed by atoms with van der Waals surface area (Å²) in [6.45, 7) is 0. The van der Waals surface area contributed by atoms with E-state index in [4.69, 9.17) is 23.2 Å². The summed E-state index contributed by atoms with van der Waals surface area (Å²) in [4.78, 5) is 0. The molecule has 0 atom stereocenters. The molecule has 5 heteroatoms. The Morgan fingerprint density at radius 2 is 1.67 bits per heavy atom. The van der Waals surface area contributed by atoms with Crippen molar-refractivity contribution in [3.63, 3.8) is 0 Å². The highest BCUT2D eigenvalue weighted by Gasteiger charge is 2.04. The third kappa shape index (κ3) is 2.48. The fourth-order valence-corrected chi connectivity index (χ4v) is 1.63. The van der Waals surface area contributed by atoms with Crippen LogP contribution in [-0.2, 0) is 0 Å². The van der Waals surface area contributed by atoms with E-state index in [0.29, 0.717) is 10.2 Å². The molecule has 0 aliphatic rings. The zero-order valence-electron chi connectivity index (χ0n) is 7.42. The Morgan fingerprint density at radius 3 is 2.27 bits per heavy atom. The van der Waals surface area contributed by atoms with Crippen molar-refractivity contribution < 1.29 is 0 Å². The minimum Gasteiger partial charge on any atom is -0.149 e. The van der Waals surface area contributed by atoms with Gasteiger partial charge in [-0.15, -0.1) is 10.2 Å². The minimum atomic E-state index is 0.354. The van der Waals surface area contributed by atoms with Gasteiger partial charge in [-0.05, 0) is 34.1 Å². The van der Waals surface area contributed by atoms with E-state index in [-0.39, 0.29) is 0 Å². The van der Waals surface area contributed by atoms with Gasteiger partial charge in [-0.2, -0.15) is 0 Å². The molecule has 1 heterocycles. The van der Waals surface area contributed by atoms with E-state index < -0.39 is 0 Å². The summed E-state index contributed by atoms with van der Waals surface area (Å²) in [7, 11) is 0. The molecule has 0 aliphatic heterocycles. The molecule has 0 unspecified atom stereocenters. The average Bonchev–Trinajstić information content (AvgIpc) is 2.23. The van der Waals surface area contributed by atoms with Crippen molar-refractivity contribution in [1.29, 1.82) is 0 Å². The maximum Gasteiger partial charge on any atom is 0.165 e. The van der Waals surface area contributed by atoms with Gasteiger partial charge < -0.3 is 0 Å². The molecule has 0 aliphatic carbocycles. The molecule has 0 N–H and O–H groups in total. The van der Waals surface area contributed by atoms with E-state index in [1.54, 1.807) is 12.1 Å². The first-order valence-electron chi connectivity index (χ1n) is 4.11. The normalized spacial score (nSPS) is 10.3. The topological polar surface area (TPSA) is 25.8 Å². The summed E-state index contributed by atoms with van der Waals surface area (Å²) in [5.74, 6) is 0. The lowest BCUT2D eigenvalue weighted by Crippen LogP contribution is -1.88. The molecule has 2 aromatic rings. The van der Waals surface area contributed by atoms with Crippen LogP contribution in [-0.4, -0.2) is 10.2 Å². The lowest BCUT2D eigenvalue weighted by atomic mass is 10.1. The highest BCUT2D eigenvalue weighted by molar-refractivity contribution is 9.10. The van der Waals surface area contributed by atoms with Gasteiger partial charge in [0, 0.05) is 10.6 Å². The van der Waals surface area contributed by atoms with Crippen LogP contribution in [0.1, 0.15) is 0 Å². The molecule has 0 amide bonds. The van der Waals surface area contributed by atoms with Crippen LogP contribution in [0.5, 0.6) is 0 Å². The second-order valence-electron chi connectivity index (χ2n) is 2.88. The summed E-state index contributed by atoms with van der Waals surface area (Å²) in [6, 6.07) is 9.19. The van der Waals surface area contributed by atoms with Crippen LogP contribution < -0.4 is 0 Å². The molecule has 0 spiro atoms. The standard InChI is InChI=1S/C10H5BrCl2N2/c11-8-5-9(14-15-10(8)13)6-1-3-7(12)4-2-6/h1-5H. The average molecular weight is 304 g/mol. The SMILES string of the molecule is Clc1ccc(-c2cc(Br)c(Cl)nn2)cc1. The molecule has 1 aromatic carbocycles. The number of rotatable bonds is 1. The lowest BCUT2D eigenvalue weighted by molar-refractivity contribution is 1.03. The zero-order chi connectivity index (χ0) is 10.8. The summed E-state index contributed by atoms with van der Waals surface area (Å²) in [5.41, 5.74) is 1.70.